The summed E-state index contributed by atoms with van der Waals surface area (Å²) in [5.41, 5.74) is 1.49. The molecule has 1 amide bonds. The van der Waals surface area contributed by atoms with Crippen molar-refractivity contribution in [3.63, 3.8) is 0 Å². The number of methoxy groups -OCH3 is 1. The second kappa shape index (κ2) is 6.23. The second-order valence-electron chi connectivity index (χ2n) is 4.65. The van der Waals surface area contributed by atoms with Crippen LogP contribution in [0, 0.1) is 0 Å². The van der Waals surface area contributed by atoms with Gasteiger partial charge in [0.1, 0.15) is 0 Å². The van der Waals surface area contributed by atoms with E-state index in [0.717, 1.165) is 10.9 Å². The molecule has 1 heterocycles. The molecule has 20 heavy (non-hydrogen) atoms. The number of ether oxygens (including phenoxy) is 1. The Labute approximate surface area is 117 Å². The minimum Gasteiger partial charge on any atom is -0.469 e. The van der Waals surface area contributed by atoms with Gasteiger partial charge in [0.25, 0.3) is 5.91 Å². The van der Waals surface area contributed by atoms with Crippen LogP contribution in [0.15, 0.2) is 30.5 Å². The Morgan fingerprint density at radius 1 is 1.30 bits per heavy atom. The van der Waals surface area contributed by atoms with Crippen LogP contribution < -0.4 is 0 Å². The standard InChI is InChI=1S/C15H18N2O3/c1-17(10-4-7-13(18)20-2)15(19)12-6-3-5-11-8-9-16-14(11)12/h3,5-6,8-9,16H,4,7,10H2,1-2H3. The molecule has 0 aliphatic heterocycles. The van der Waals surface area contributed by atoms with Crippen molar-refractivity contribution in [2.45, 2.75) is 12.8 Å². The van der Waals surface area contributed by atoms with Gasteiger partial charge in [-0.05, 0) is 18.6 Å². The largest absolute Gasteiger partial charge is 0.469 e. The number of amides is 1. The maximum Gasteiger partial charge on any atom is 0.305 e. The predicted octanol–water partition coefficient (Wildman–Crippen LogP) is 2.19. The van der Waals surface area contributed by atoms with Crippen LogP contribution in [0.5, 0.6) is 0 Å². The number of benzene rings is 1. The van der Waals surface area contributed by atoms with Crippen molar-refractivity contribution in [2.24, 2.45) is 0 Å². The zero-order chi connectivity index (χ0) is 14.5. The minimum absolute atomic E-state index is 0.0529. The van der Waals surface area contributed by atoms with Crippen molar-refractivity contribution in [2.75, 3.05) is 20.7 Å². The first-order valence-electron chi connectivity index (χ1n) is 6.52. The fraction of sp³-hybridized carbons (Fsp3) is 0.333. The molecule has 106 valence electrons. The fourth-order valence-corrected chi connectivity index (χ4v) is 2.13. The molecule has 2 aromatic rings. The van der Waals surface area contributed by atoms with E-state index in [0.29, 0.717) is 24.9 Å². The Morgan fingerprint density at radius 2 is 2.10 bits per heavy atom. The van der Waals surface area contributed by atoms with Gasteiger partial charge >= 0.3 is 5.97 Å². The summed E-state index contributed by atoms with van der Waals surface area (Å²) >= 11 is 0. The molecule has 0 fully saturated rings. The van der Waals surface area contributed by atoms with Gasteiger partial charge in [0.05, 0.1) is 18.2 Å². The number of hydrogen-bond acceptors (Lipinski definition) is 3. The number of aromatic amines is 1. The van der Waals surface area contributed by atoms with Crippen LogP contribution in [-0.2, 0) is 9.53 Å². The fourth-order valence-electron chi connectivity index (χ4n) is 2.13. The van der Waals surface area contributed by atoms with Crippen molar-refractivity contribution >= 4 is 22.8 Å². The molecule has 1 aromatic carbocycles. The number of fused-ring (bicyclic) bond motifs is 1. The summed E-state index contributed by atoms with van der Waals surface area (Å²) in [6, 6.07) is 7.56. The molecule has 0 saturated heterocycles. The van der Waals surface area contributed by atoms with E-state index in [9.17, 15) is 9.59 Å². The summed E-state index contributed by atoms with van der Waals surface area (Å²) in [5, 5.41) is 1.01. The van der Waals surface area contributed by atoms with Gasteiger partial charge in [0.15, 0.2) is 0 Å². The first-order chi connectivity index (χ1) is 9.63. The number of esters is 1. The van der Waals surface area contributed by atoms with Gasteiger partial charge in [-0.15, -0.1) is 0 Å². The van der Waals surface area contributed by atoms with Crippen LogP contribution in [0.4, 0.5) is 0 Å². The Bertz CT molecular complexity index is 618. The lowest BCUT2D eigenvalue weighted by Gasteiger charge is -2.17. The molecule has 1 N–H and O–H groups in total. The Hall–Kier alpha value is -2.30. The van der Waals surface area contributed by atoms with Crippen LogP contribution in [0.1, 0.15) is 23.2 Å². The van der Waals surface area contributed by atoms with Crippen LogP contribution in [0.3, 0.4) is 0 Å². The monoisotopic (exact) mass is 274 g/mol. The van der Waals surface area contributed by atoms with Crippen molar-refractivity contribution in [1.82, 2.24) is 9.88 Å². The van der Waals surface area contributed by atoms with E-state index in [1.54, 1.807) is 18.0 Å². The minimum atomic E-state index is -0.252. The quantitative estimate of drug-likeness (QED) is 0.850. The topological polar surface area (TPSA) is 62.4 Å². The number of para-hydroxylation sites is 1. The van der Waals surface area contributed by atoms with Crippen LogP contribution in [0.25, 0.3) is 10.9 Å². The van der Waals surface area contributed by atoms with Gasteiger partial charge in [-0.3, -0.25) is 9.59 Å². The molecule has 2 rings (SSSR count). The zero-order valence-electron chi connectivity index (χ0n) is 11.7. The predicted molar refractivity (Wildman–Crippen MR) is 76.5 cm³/mol. The number of nitrogens with zero attached hydrogens (tertiary/aromatic N) is 1. The molecule has 0 aliphatic rings. The first kappa shape index (κ1) is 14.1. The number of hydrogen-bond donors (Lipinski definition) is 1. The highest BCUT2D eigenvalue weighted by molar-refractivity contribution is 6.05. The van der Waals surface area contributed by atoms with Crippen LogP contribution >= 0.6 is 0 Å². The zero-order valence-corrected chi connectivity index (χ0v) is 11.7. The van der Waals surface area contributed by atoms with Crippen LogP contribution in [0.2, 0.25) is 0 Å². The molecular weight excluding hydrogens is 256 g/mol. The lowest BCUT2D eigenvalue weighted by atomic mass is 10.1. The molecule has 5 nitrogen and oxygen atoms in total. The summed E-state index contributed by atoms with van der Waals surface area (Å²) in [7, 11) is 3.10. The molecule has 0 saturated carbocycles. The third-order valence-electron chi connectivity index (χ3n) is 3.27. The maximum absolute atomic E-state index is 12.4. The normalized spacial score (nSPS) is 10.5. The smallest absolute Gasteiger partial charge is 0.305 e. The summed E-state index contributed by atoms with van der Waals surface area (Å²) in [4.78, 5) is 28.1. The van der Waals surface area contributed by atoms with Gasteiger partial charge < -0.3 is 14.6 Å². The van der Waals surface area contributed by atoms with Gasteiger partial charge in [-0.2, -0.15) is 0 Å². The highest BCUT2D eigenvalue weighted by Gasteiger charge is 2.15. The van der Waals surface area contributed by atoms with Gasteiger partial charge in [0.2, 0.25) is 0 Å². The molecule has 0 spiro atoms. The van der Waals surface area contributed by atoms with E-state index in [1.807, 2.05) is 24.4 Å². The lowest BCUT2D eigenvalue weighted by molar-refractivity contribution is -0.140. The van der Waals surface area contributed by atoms with Gasteiger partial charge in [-0.1, -0.05) is 12.1 Å². The number of carbonyl (C=O) groups excluding carboxylic acids is 2. The third-order valence-corrected chi connectivity index (χ3v) is 3.27. The molecule has 0 atom stereocenters. The lowest BCUT2D eigenvalue weighted by Crippen LogP contribution is -2.28. The molecule has 5 heteroatoms. The Balaban J connectivity index is 2.03. The van der Waals surface area contributed by atoms with E-state index in [-0.39, 0.29) is 11.9 Å². The van der Waals surface area contributed by atoms with Crippen molar-refractivity contribution in [1.29, 1.82) is 0 Å². The average molecular weight is 274 g/mol. The summed E-state index contributed by atoms with van der Waals surface area (Å²) in [6.07, 6.45) is 2.73. The van der Waals surface area contributed by atoms with Gasteiger partial charge in [0, 0.05) is 31.6 Å². The maximum atomic E-state index is 12.4. The van der Waals surface area contributed by atoms with E-state index in [1.165, 1.54) is 7.11 Å². The first-order valence-corrected chi connectivity index (χ1v) is 6.52. The second-order valence-corrected chi connectivity index (χ2v) is 4.65. The number of carbonyl (C=O) groups is 2. The molecule has 0 radical (unpaired) electrons. The number of rotatable bonds is 5. The highest BCUT2D eigenvalue weighted by atomic mass is 16.5. The molecule has 0 unspecified atom stereocenters. The van der Waals surface area contributed by atoms with Crippen LogP contribution in [-0.4, -0.2) is 42.5 Å². The number of H-pyrrole nitrogens is 1. The van der Waals surface area contributed by atoms with E-state index in [4.69, 9.17) is 0 Å². The Morgan fingerprint density at radius 3 is 2.85 bits per heavy atom. The molecule has 0 aliphatic carbocycles. The summed E-state index contributed by atoms with van der Waals surface area (Å²) in [6.45, 7) is 0.519. The van der Waals surface area contributed by atoms with Crippen molar-refractivity contribution in [3.05, 3.63) is 36.0 Å². The summed E-state index contributed by atoms with van der Waals surface area (Å²) < 4.78 is 4.58. The van der Waals surface area contributed by atoms with E-state index < -0.39 is 0 Å². The molecule has 1 aromatic heterocycles. The van der Waals surface area contributed by atoms with Gasteiger partial charge in [-0.25, -0.2) is 0 Å². The highest BCUT2D eigenvalue weighted by Crippen LogP contribution is 2.18. The Kier molecular flexibility index (Phi) is 4.40. The third kappa shape index (κ3) is 2.99. The number of aromatic nitrogens is 1. The average Bonchev–Trinajstić information content (AvgIpc) is 2.94. The van der Waals surface area contributed by atoms with E-state index >= 15 is 0 Å². The van der Waals surface area contributed by atoms with E-state index in [2.05, 4.69) is 9.72 Å². The summed E-state index contributed by atoms with van der Waals surface area (Å²) in [5.74, 6) is -0.305. The molecule has 0 bridgehead atoms. The SMILES string of the molecule is COC(=O)CCCN(C)C(=O)c1cccc2cc[nH]c12. The molecular formula is C15H18N2O3. The van der Waals surface area contributed by atoms with Crippen molar-refractivity contribution in [3.8, 4) is 0 Å². The van der Waals surface area contributed by atoms with Crippen molar-refractivity contribution < 1.29 is 14.3 Å². The number of nitrogens with one attached hydrogen (secondary N) is 1.